The van der Waals surface area contributed by atoms with Gasteiger partial charge in [-0.15, -0.1) is 0 Å². The highest BCUT2D eigenvalue weighted by Gasteiger charge is 2.28. The molecule has 1 heterocycles. The van der Waals surface area contributed by atoms with Gasteiger partial charge in [-0.05, 0) is 58.2 Å². The Labute approximate surface area is 93.7 Å². The van der Waals surface area contributed by atoms with Crippen LogP contribution in [0.5, 0.6) is 0 Å². The largest absolute Gasteiger partial charge is 0.390 e. The summed E-state index contributed by atoms with van der Waals surface area (Å²) in [4.78, 5) is 2.55. The quantitative estimate of drug-likeness (QED) is 0.772. The van der Waals surface area contributed by atoms with E-state index in [9.17, 15) is 5.11 Å². The maximum absolute atomic E-state index is 10.3. The van der Waals surface area contributed by atoms with Crippen molar-refractivity contribution in [2.75, 3.05) is 19.6 Å². The van der Waals surface area contributed by atoms with Gasteiger partial charge < -0.3 is 10.0 Å². The van der Waals surface area contributed by atoms with Gasteiger partial charge in [0.15, 0.2) is 0 Å². The predicted molar refractivity (Wildman–Crippen MR) is 62.9 cm³/mol. The minimum atomic E-state index is -0.294. The maximum atomic E-state index is 10.3. The summed E-state index contributed by atoms with van der Waals surface area (Å²) < 4.78 is 0. The van der Waals surface area contributed by atoms with E-state index < -0.39 is 0 Å². The van der Waals surface area contributed by atoms with Gasteiger partial charge in [-0.2, -0.15) is 0 Å². The molecule has 1 aliphatic carbocycles. The van der Waals surface area contributed by atoms with Crippen LogP contribution in [-0.2, 0) is 0 Å². The van der Waals surface area contributed by atoms with Crippen LogP contribution < -0.4 is 0 Å². The molecule has 2 nitrogen and oxygen atoms in total. The van der Waals surface area contributed by atoms with Gasteiger partial charge in [0.25, 0.3) is 0 Å². The molecule has 0 atom stereocenters. The molecule has 2 heteroatoms. The lowest BCUT2D eigenvalue weighted by Gasteiger charge is -2.32. The van der Waals surface area contributed by atoms with Crippen molar-refractivity contribution in [2.24, 2.45) is 0 Å². The molecular weight excluding hydrogens is 186 g/mol. The number of nitrogens with zero attached hydrogens (tertiary/aromatic N) is 1. The van der Waals surface area contributed by atoms with E-state index in [2.05, 4.69) is 4.90 Å². The zero-order chi connectivity index (χ0) is 10.6. The zero-order valence-electron chi connectivity index (χ0n) is 9.88. The van der Waals surface area contributed by atoms with Crippen LogP contribution in [0.4, 0.5) is 0 Å². The summed E-state index contributed by atoms with van der Waals surface area (Å²) in [6.07, 6.45) is 10.9. The lowest BCUT2D eigenvalue weighted by Crippen LogP contribution is -2.32. The molecule has 1 aliphatic heterocycles. The van der Waals surface area contributed by atoms with Crippen LogP contribution in [0.1, 0.15) is 57.8 Å². The first-order valence-corrected chi connectivity index (χ1v) is 6.73. The summed E-state index contributed by atoms with van der Waals surface area (Å²) in [5.74, 6) is 0. The van der Waals surface area contributed by atoms with Crippen molar-refractivity contribution < 1.29 is 5.11 Å². The maximum Gasteiger partial charge on any atom is 0.0648 e. The fourth-order valence-corrected chi connectivity index (χ4v) is 3.10. The Morgan fingerprint density at radius 1 is 0.933 bits per heavy atom. The smallest absolute Gasteiger partial charge is 0.0648 e. The Bertz CT molecular complexity index is 181. The molecular formula is C13H25NO. The van der Waals surface area contributed by atoms with Gasteiger partial charge >= 0.3 is 0 Å². The van der Waals surface area contributed by atoms with Crippen molar-refractivity contribution in [3.8, 4) is 0 Å². The lowest BCUT2D eigenvalue weighted by atomic mass is 9.82. The molecule has 1 saturated carbocycles. The van der Waals surface area contributed by atoms with Gasteiger partial charge in [-0.1, -0.05) is 19.3 Å². The average molecular weight is 211 g/mol. The Balaban J connectivity index is 1.63. The first-order valence-electron chi connectivity index (χ1n) is 6.73. The second-order valence-electron chi connectivity index (χ2n) is 5.44. The van der Waals surface area contributed by atoms with Gasteiger partial charge in [0.05, 0.1) is 5.60 Å². The van der Waals surface area contributed by atoms with Crippen molar-refractivity contribution in [3.05, 3.63) is 0 Å². The number of likely N-dealkylation sites (tertiary alicyclic amines) is 1. The van der Waals surface area contributed by atoms with Crippen molar-refractivity contribution in [2.45, 2.75) is 63.4 Å². The highest BCUT2D eigenvalue weighted by molar-refractivity contribution is 4.82. The summed E-state index contributed by atoms with van der Waals surface area (Å²) in [7, 11) is 0. The third kappa shape index (κ3) is 3.46. The summed E-state index contributed by atoms with van der Waals surface area (Å²) in [5, 5.41) is 10.3. The predicted octanol–water partition coefficient (Wildman–Crippen LogP) is 2.56. The molecule has 2 rings (SSSR count). The molecule has 15 heavy (non-hydrogen) atoms. The van der Waals surface area contributed by atoms with Gasteiger partial charge in [0, 0.05) is 0 Å². The third-order valence-electron chi connectivity index (χ3n) is 4.10. The molecule has 0 aromatic heterocycles. The van der Waals surface area contributed by atoms with Gasteiger partial charge in [-0.3, -0.25) is 0 Å². The average Bonchev–Trinajstić information content (AvgIpc) is 2.71. The van der Waals surface area contributed by atoms with E-state index in [0.717, 1.165) is 19.3 Å². The lowest BCUT2D eigenvalue weighted by molar-refractivity contribution is -0.00693. The third-order valence-corrected chi connectivity index (χ3v) is 4.10. The zero-order valence-corrected chi connectivity index (χ0v) is 9.88. The summed E-state index contributed by atoms with van der Waals surface area (Å²) >= 11 is 0. The monoisotopic (exact) mass is 211 g/mol. The molecule has 0 aromatic carbocycles. The second-order valence-corrected chi connectivity index (χ2v) is 5.44. The SMILES string of the molecule is OC1(CCCN2CCCC2)CCCCC1. The molecule has 0 amide bonds. The normalized spacial score (nSPS) is 27.0. The molecule has 0 radical (unpaired) electrons. The van der Waals surface area contributed by atoms with Gasteiger partial charge in [-0.25, -0.2) is 0 Å². The highest BCUT2D eigenvalue weighted by Crippen LogP contribution is 2.31. The fourth-order valence-electron chi connectivity index (χ4n) is 3.10. The fraction of sp³-hybridized carbons (Fsp3) is 1.00. The van der Waals surface area contributed by atoms with Crippen LogP contribution in [0.3, 0.4) is 0 Å². The van der Waals surface area contributed by atoms with Crippen molar-refractivity contribution in [3.63, 3.8) is 0 Å². The van der Waals surface area contributed by atoms with Crippen molar-refractivity contribution in [1.82, 2.24) is 4.90 Å². The number of aliphatic hydroxyl groups is 1. The molecule has 0 aromatic rings. The molecule has 88 valence electrons. The van der Waals surface area contributed by atoms with Crippen LogP contribution in [0.15, 0.2) is 0 Å². The molecule has 2 aliphatic rings. The number of rotatable bonds is 4. The van der Waals surface area contributed by atoms with E-state index in [0.29, 0.717) is 0 Å². The Hall–Kier alpha value is -0.0800. The second kappa shape index (κ2) is 5.31. The summed E-state index contributed by atoms with van der Waals surface area (Å²) in [6, 6.07) is 0. The summed E-state index contributed by atoms with van der Waals surface area (Å²) in [5.41, 5.74) is -0.294. The Morgan fingerprint density at radius 3 is 2.27 bits per heavy atom. The molecule has 1 N–H and O–H groups in total. The van der Waals surface area contributed by atoms with E-state index in [1.165, 1.54) is 58.2 Å². The van der Waals surface area contributed by atoms with E-state index in [4.69, 9.17) is 0 Å². The summed E-state index contributed by atoms with van der Waals surface area (Å²) in [6.45, 7) is 3.79. The molecule has 2 fully saturated rings. The van der Waals surface area contributed by atoms with Crippen LogP contribution >= 0.6 is 0 Å². The minimum absolute atomic E-state index is 0.294. The van der Waals surface area contributed by atoms with Gasteiger partial charge in [0.1, 0.15) is 0 Å². The van der Waals surface area contributed by atoms with E-state index in [-0.39, 0.29) is 5.60 Å². The number of hydrogen-bond acceptors (Lipinski definition) is 2. The van der Waals surface area contributed by atoms with Crippen LogP contribution in [0.2, 0.25) is 0 Å². The Morgan fingerprint density at radius 2 is 1.60 bits per heavy atom. The van der Waals surface area contributed by atoms with Crippen molar-refractivity contribution >= 4 is 0 Å². The molecule has 0 spiro atoms. The first-order chi connectivity index (χ1) is 7.29. The van der Waals surface area contributed by atoms with Crippen molar-refractivity contribution in [1.29, 1.82) is 0 Å². The number of hydrogen-bond donors (Lipinski definition) is 1. The standard InChI is InChI=1S/C13H25NO/c15-13(7-2-1-3-8-13)9-6-12-14-10-4-5-11-14/h15H,1-12H2. The van der Waals surface area contributed by atoms with Crippen LogP contribution in [-0.4, -0.2) is 35.2 Å². The highest BCUT2D eigenvalue weighted by atomic mass is 16.3. The van der Waals surface area contributed by atoms with E-state index in [1.807, 2.05) is 0 Å². The van der Waals surface area contributed by atoms with Crippen LogP contribution in [0, 0.1) is 0 Å². The van der Waals surface area contributed by atoms with Crippen LogP contribution in [0.25, 0.3) is 0 Å². The molecule has 0 unspecified atom stereocenters. The van der Waals surface area contributed by atoms with Gasteiger partial charge in [0.2, 0.25) is 0 Å². The minimum Gasteiger partial charge on any atom is -0.390 e. The van der Waals surface area contributed by atoms with E-state index in [1.54, 1.807) is 0 Å². The first kappa shape index (κ1) is 11.4. The van der Waals surface area contributed by atoms with E-state index >= 15 is 0 Å². The molecule has 1 saturated heterocycles. The topological polar surface area (TPSA) is 23.5 Å². The Kier molecular flexibility index (Phi) is 4.04. The molecule has 0 bridgehead atoms.